The molecule has 2 heterocycles. The third-order valence-corrected chi connectivity index (χ3v) is 9.32. The van der Waals surface area contributed by atoms with Crippen molar-refractivity contribution in [1.82, 2.24) is 4.57 Å². The molecule has 1 N–H and O–H groups in total. The molecule has 0 unspecified atom stereocenters. The number of carbonyl (C=O) groups is 1. The number of carbonyl (C=O) groups excluding carboxylic acids is 1. The molecule has 0 fully saturated rings. The summed E-state index contributed by atoms with van der Waals surface area (Å²) in [4.78, 5) is 33.2. The maximum Gasteiger partial charge on any atom is 0.271 e. The topological polar surface area (TPSA) is 72.7 Å². The third kappa shape index (κ3) is 6.37. The number of amides is 1. The number of hydrogen-bond acceptors (Lipinski definition) is 5. The molecule has 6 nitrogen and oxygen atoms in total. The van der Waals surface area contributed by atoms with E-state index in [1.54, 1.807) is 23.6 Å². The van der Waals surface area contributed by atoms with Crippen molar-refractivity contribution in [2.45, 2.75) is 19.6 Å². The molecule has 1 aliphatic rings. The summed E-state index contributed by atoms with van der Waals surface area (Å²) in [5.74, 6) is 0.274. The molecule has 10 heteroatoms. The Morgan fingerprint density at radius 2 is 1.70 bits per heavy atom. The van der Waals surface area contributed by atoms with Crippen LogP contribution in [0.1, 0.15) is 29.7 Å². The Kier molecular flexibility index (Phi) is 9.00. The van der Waals surface area contributed by atoms with E-state index < -0.39 is 6.04 Å². The molecule has 5 aromatic rings. The Morgan fingerprint density at radius 3 is 2.41 bits per heavy atom. The zero-order valence-corrected chi connectivity index (χ0v) is 28.0. The Balaban J connectivity index is 1.47. The zero-order chi connectivity index (χ0) is 30.8. The number of allylic oxidation sites excluding steroid dienone is 1. The van der Waals surface area contributed by atoms with Gasteiger partial charge in [-0.1, -0.05) is 99.5 Å². The summed E-state index contributed by atoms with van der Waals surface area (Å²) in [6, 6.07) is 29.3. The molecule has 0 spiro atoms. The fraction of sp³-hybridized carbons (Fsp3) is 0.0882. The van der Waals surface area contributed by atoms with Crippen molar-refractivity contribution in [3.63, 3.8) is 0 Å². The van der Waals surface area contributed by atoms with E-state index in [0.717, 1.165) is 20.1 Å². The van der Waals surface area contributed by atoms with Gasteiger partial charge >= 0.3 is 0 Å². The van der Waals surface area contributed by atoms with E-state index in [0.29, 0.717) is 49.2 Å². The molecule has 0 bridgehead atoms. The fourth-order valence-electron chi connectivity index (χ4n) is 5.00. The first-order valence-electron chi connectivity index (χ1n) is 13.6. The molecular formula is C34H24Br2ClN3O3S. The lowest BCUT2D eigenvalue weighted by atomic mass is 9.95. The summed E-state index contributed by atoms with van der Waals surface area (Å²) in [6.07, 6.45) is 1.81. The number of benzene rings is 4. The highest BCUT2D eigenvalue weighted by molar-refractivity contribution is 9.11. The number of thiazole rings is 1. The van der Waals surface area contributed by atoms with E-state index in [1.165, 1.54) is 11.3 Å². The second kappa shape index (κ2) is 13.1. The molecule has 0 aliphatic carbocycles. The lowest BCUT2D eigenvalue weighted by Gasteiger charge is -2.25. The first-order valence-corrected chi connectivity index (χ1v) is 16.4. The average molecular weight is 750 g/mol. The van der Waals surface area contributed by atoms with Gasteiger partial charge in [-0.25, -0.2) is 4.99 Å². The van der Waals surface area contributed by atoms with Crippen LogP contribution in [0.15, 0.2) is 127 Å². The number of aromatic nitrogens is 1. The number of para-hydroxylation sites is 1. The number of rotatable bonds is 7. The molecule has 6 rings (SSSR count). The Morgan fingerprint density at radius 1 is 1.02 bits per heavy atom. The summed E-state index contributed by atoms with van der Waals surface area (Å²) in [7, 11) is 0. The van der Waals surface area contributed by atoms with E-state index in [2.05, 4.69) is 37.2 Å². The highest BCUT2D eigenvalue weighted by Gasteiger charge is 2.32. The van der Waals surface area contributed by atoms with Gasteiger partial charge in [-0.2, -0.15) is 0 Å². The van der Waals surface area contributed by atoms with Crippen LogP contribution in [-0.2, 0) is 11.4 Å². The van der Waals surface area contributed by atoms with Crippen molar-refractivity contribution < 1.29 is 9.53 Å². The highest BCUT2D eigenvalue weighted by Crippen LogP contribution is 2.35. The molecule has 1 amide bonds. The average Bonchev–Trinajstić information content (AvgIpc) is 3.31. The second-order valence-corrected chi connectivity index (χ2v) is 13.2. The van der Waals surface area contributed by atoms with Crippen LogP contribution in [0.2, 0.25) is 5.02 Å². The van der Waals surface area contributed by atoms with Crippen LogP contribution in [0, 0.1) is 0 Å². The molecule has 0 saturated carbocycles. The molecule has 220 valence electrons. The Hall–Kier alpha value is -3.76. The molecule has 0 saturated heterocycles. The third-order valence-electron chi connectivity index (χ3n) is 7.03. The van der Waals surface area contributed by atoms with Crippen LogP contribution in [-0.4, -0.2) is 10.5 Å². The molecule has 1 aliphatic heterocycles. The van der Waals surface area contributed by atoms with Crippen molar-refractivity contribution in [2.24, 2.45) is 4.99 Å². The highest BCUT2D eigenvalue weighted by atomic mass is 79.9. The lowest BCUT2D eigenvalue weighted by Crippen LogP contribution is -2.40. The normalized spacial score (nSPS) is 14.6. The maximum absolute atomic E-state index is 14.2. The van der Waals surface area contributed by atoms with Gasteiger partial charge in [0.05, 0.1) is 26.3 Å². The van der Waals surface area contributed by atoms with Crippen molar-refractivity contribution in [2.75, 3.05) is 5.32 Å². The van der Waals surface area contributed by atoms with E-state index in [4.69, 9.17) is 21.3 Å². The van der Waals surface area contributed by atoms with Crippen molar-refractivity contribution >= 4 is 72.5 Å². The van der Waals surface area contributed by atoms with Gasteiger partial charge < -0.3 is 10.1 Å². The summed E-state index contributed by atoms with van der Waals surface area (Å²) >= 11 is 14.7. The number of nitrogens with one attached hydrogen (secondary N) is 1. The summed E-state index contributed by atoms with van der Waals surface area (Å²) in [5.41, 5.74) is 3.77. The predicted octanol–water partition coefficient (Wildman–Crippen LogP) is 7.63. The number of fused-ring (bicyclic) bond motifs is 1. The van der Waals surface area contributed by atoms with Crippen LogP contribution in [0.5, 0.6) is 5.75 Å². The van der Waals surface area contributed by atoms with Crippen molar-refractivity contribution in [1.29, 1.82) is 0 Å². The minimum Gasteiger partial charge on any atom is -0.487 e. The Labute approximate surface area is 279 Å². The van der Waals surface area contributed by atoms with E-state index in [9.17, 15) is 9.59 Å². The monoisotopic (exact) mass is 747 g/mol. The Bertz CT molecular complexity index is 2080. The number of halogens is 3. The minimum atomic E-state index is -0.711. The van der Waals surface area contributed by atoms with Gasteiger partial charge in [0.25, 0.3) is 11.5 Å². The van der Waals surface area contributed by atoms with Crippen LogP contribution in [0.4, 0.5) is 5.69 Å². The van der Waals surface area contributed by atoms with Gasteiger partial charge in [0.1, 0.15) is 12.4 Å². The molecule has 44 heavy (non-hydrogen) atoms. The minimum absolute atomic E-state index is 0.267. The largest absolute Gasteiger partial charge is 0.487 e. The molecule has 1 aromatic heterocycles. The van der Waals surface area contributed by atoms with Crippen LogP contribution < -0.4 is 24.9 Å². The van der Waals surface area contributed by atoms with Crippen LogP contribution in [0.3, 0.4) is 0 Å². The van der Waals surface area contributed by atoms with Crippen molar-refractivity contribution in [3.05, 3.63) is 159 Å². The van der Waals surface area contributed by atoms with E-state index in [1.807, 2.05) is 91.0 Å². The van der Waals surface area contributed by atoms with E-state index in [-0.39, 0.29) is 11.5 Å². The molecular weight excluding hydrogens is 726 g/mol. The molecule has 0 radical (unpaired) electrons. The standard InChI is InChI=1S/C34H24Br2ClN3O3S/c1-20-29(32(41)39-26-10-6-3-7-11-26)30(22-12-14-25(37)15-13-22)40-33(42)28(44-34(40)38-20)17-23-16-24(35)18-27(36)31(23)43-19-21-8-4-2-5-9-21/h2-18,30H,19H2,1H3,(H,39,41)/b28-17-/t30-/m1/s1. The quantitative estimate of drug-likeness (QED) is 0.186. The number of nitrogens with zero attached hydrogens (tertiary/aromatic N) is 2. The first kappa shape index (κ1) is 30.3. The first-order chi connectivity index (χ1) is 21.3. The maximum atomic E-state index is 14.2. The van der Waals surface area contributed by atoms with Crippen LogP contribution >= 0.6 is 54.8 Å². The lowest BCUT2D eigenvalue weighted by molar-refractivity contribution is -0.113. The zero-order valence-electron chi connectivity index (χ0n) is 23.3. The van der Waals surface area contributed by atoms with Gasteiger partial charge in [-0.05, 0) is 76.5 Å². The van der Waals surface area contributed by atoms with E-state index >= 15 is 0 Å². The predicted molar refractivity (Wildman–Crippen MR) is 183 cm³/mol. The van der Waals surface area contributed by atoms with Gasteiger partial charge in [-0.15, -0.1) is 0 Å². The van der Waals surface area contributed by atoms with Gasteiger partial charge in [0.2, 0.25) is 0 Å². The summed E-state index contributed by atoms with van der Waals surface area (Å²) < 4.78 is 9.86. The molecule has 4 aromatic carbocycles. The number of hydrogen-bond donors (Lipinski definition) is 1. The van der Waals surface area contributed by atoms with Crippen LogP contribution in [0.25, 0.3) is 6.08 Å². The molecule has 1 atom stereocenters. The fourth-order valence-corrected chi connectivity index (χ4v) is 7.54. The SMILES string of the molecule is CC1=C(C(=O)Nc2ccccc2)[C@@H](c2ccc(Cl)cc2)n2c(s/c(=C\c3cc(Br)cc(Br)c3OCc3ccccc3)c2=O)=N1. The number of anilines is 1. The smallest absolute Gasteiger partial charge is 0.271 e. The van der Waals surface area contributed by atoms with Gasteiger partial charge in [0.15, 0.2) is 4.80 Å². The second-order valence-electron chi connectivity index (χ2n) is 10.0. The van der Waals surface area contributed by atoms with Gasteiger partial charge in [-0.3, -0.25) is 14.2 Å². The summed E-state index contributed by atoms with van der Waals surface area (Å²) in [6.45, 7) is 2.15. The summed E-state index contributed by atoms with van der Waals surface area (Å²) in [5, 5.41) is 3.52. The van der Waals surface area contributed by atoms with Crippen molar-refractivity contribution in [3.8, 4) is 5.75 Å². The van der Waals surface area contributed by atoms with Gasteiger partial charge in [0, 0.05) is 20.7 Å². The number of ether oxygens (including phenoxy) is 1.